The van der Waals surface area contributed by atoms with Crippen LogP contribution in [0.2, 0.25) is 0 Å². The second-order valence-corrected chi connectivity index (χ2v) is 8.48. The fourth-order valence-electron chi connectivity index (χ4n) is 3.89. The fourth-order valence-corrected chi connectivity index (χ4v) is 3.89. The number of phenolic OH excluding ortho intramolecular Hbond substituents is 1. The Labute approximate surface area is 185 Å². The fraction of sp³-hybridized carbons (Fsp3) is 0.375. The molecule has 1 atom stereocenters. The molecule has 8 heteroatoms. The van der Waals surface area contributed by atoms with Gasteiger partial charge < -0.3 is 20.2 Å². The standard InChI is InChI=1S/C20H18FN5O2.C4H8/c1-10-23-19-16(28-10)8-12(20(27)18(19)21)13-2-3-15-14(24-13)4-5-17(25-15)26-7-6-11(22)9-26;1-2-4-3-1/h2-5,8,11,27H,6-7,9,22H2,1H3;1-4H2. The van der Waals surface area contributed by atoms with Gasteiger partial charge in [0.15, 0.2) is 23.0 Å². The van der Waals surface area contributed by atoms with Gasteiger partial charge in [-0.2, -0.15) is 0 Å². The number of anilines is 1. The molecule has 3 aromatic heterocycles. The molecular formula is C24H26FN5O2. The third kappa shape index (κ3) is 3.86. The number of phenols is 1. The number of oxazole rings is 1. The van der Waals surface area contributed by atoms with Gasteiger partial charge in [0.2, 0.25) is 0 Å². The highest BCUT2D eigenvalue weighted by Crippen LogP contribution is 2.36. The number of aryl methyl sites for hydroxylation is 1. The van der Waals surface area contributed by atoms with E-state index in [0.717, 1.165) is 30.8 Å². The summed E-state index contributed by atoms with van der Waals surface area (Å²) >= 11 is 0. The molecule has 3 N–H and O–H groups in total. The third-order valence-corrected chi connectivity index (χ3v) is 6.06. The van der Waals surface area contributed by atoms with Crippen LogP contribution in [0.3, 0.4) is 0 Å². The van der Waals surface area contributed by atoms with E-state index in [2.05, 4.69) is 19.9 Å². The van der Waals surface area contributed by atoms with Crippen LogP contribution < -0.4 is 10.6 Å². The smallest absolute Gasteiger partial charge is 0.195 e. The number of nitrogens with zero attached hydrogens (tertiary/aromatic N) is 4. The van der Waals surface area contributed by atoms with Crippen LogP contribution in [0.4, 0.5) is 10.2 Å². The summed E-state index contributed by atoms with van der Waals surface area (Å²) in [6.07, 6.45) is 6.95. The summed E-state index contributed by atoms with van der Waals surface area (Å²) in [5, 5.41) is 10.3. The quantitative estimate of drug-likeness (QED) is 0.471. The molecule has 0 radical (unpaired) electrons. The topological polar surface area (TPSA) is 101 Å². The lowest BCUT2D eigenvalue weighted by Crippen LogP contribution is -2.26. The first-order valence-corrected chi connectivity index (χ1v) is 11.1. The molecule has 7 nitrogen and oxygen atoms in total. The predicted octanol–water partition coefficient (Wildman–Crippen LogP) is 4.69. The molecule has 1 aliphatic heterocycles. The summed E-state index contributed by atoms with van der Waals surface area (Å²) in [4.78, 5) is 15.3. The zero-order chi connectivity index (χ0) is 22.2. The van der Waals surface area contributed by atoms with Gasteiger partial charge in [0.05, 0.1) is 16.7 Å². The second kappa shape index (κ2) is 8.35. The predicted molar refractivity (Wildman–Crippen MR) is 122 cm³/mol. The van der Waals surface area contributed by atoms with Crippen LogP contribution in [-0.2, 0) is 0 Å². The van der Waals surface area contributed by atoms with Crippen LogP contribution in [0.25, 0.3) is 33.4 Å². The maximum Gasteiger partial charge on any atom is 0.195 e. The lowest BCUT2D eigenvalue weighted by atomic mass is 10.0. The van der Waals surface area contributed by atoms with Gasteiger partial charge in [-0.25, -0.2) is 19.3 Å². The Kier molecular flexibility index (Phi) is 5.38. The van der Waals surface area contributed by atoms with E-state index in [0.29, 0.717) is 17.1 Å². The zero-order valence-corrected chi connectivity index (χ0v) is 18.0. The van der Waals surface area contributed by atoms with Crippen molar-refractivity contribution in [2.24, 2.45) is 5.73 Å². The summed E-state index contributed by atoms with van der Waals surface area (Å²) in [6.45, 7) is 3.30. The van der Waals surface area contributed by atoms with Crippen molar-refractivity contribution >= 4 is 28.0 Å². The molecule has 4 heterocycles. The molecule has 2 fully saturated rings. The van der Waals surface area contributed by atoms with E-state index >= 15 is 0 Å². The number of nitrogens with two attached hydrogens (primary N) is 1. The van der Waals surface area contributed by atoms with Gasteiger partial charge >= 0.3 is 0 Å². The maximum absolute atomic E-state index is 14.5. The summed E-state index contributed by atoms with van der Waals surface area (Å²) in [5.74, 6) is -0.119. The highest BCUT2D eigenvalue weighted by atomic mass is 19.1. The Hall–Kier alpha value is -3.26. The van der Waals surface area contributed by atoms with Crippen LogP contribution in [0.5, 0.6) is 5.75 Å². The molecular weight excluding hydrogens is 409 g/mol. The van der Waals surface area contributed by atoms with E-state index in [1.807, 2.05) is 18.2 Å². The number of aromatic hydroxyl groups is 1. The molecule has 1 aliphatic carbocycles. The molecule has 1 aromatic carbocycles. The van der Waals surface area contributed by atoms with E-state index in [1.54, 1.807) is 19.1 Å². The van der Waals surface area contributed by atoms with Gasteiger partial charge in [-0.15, -0.1) is 0 Å². The lowest BCUT2D eigenvalue weighted by molar-refractivity contribution is 0.437. The first-order chi connectivity index (χ1) is 15.5. The van der Waals surface area contributed by atoms with Crippen LogP contribution >= 0.6 is 0 Å². The Morgan fingerprint density at radius 2 is 1.78 bits per heavy atom. The Balaban J connectivity index is 0.000000489. The molecule has 6 rings (SSSR count). The average Bonchev–Trinajstić information content (AvgIpc) is 3.34. The van der Waals surface area contributed by atoms with Crippen molar-refractivity contribution < 1.29 is 13.9 Å². The minimum absolute atomic E-state index is 0.00895. The van der Waals surface area contributed by atoms with Crippen molar-refractivity contribution in [3.05, 3.63) is 42.0 Å². The molecule has 166 valence electrons. The van der Waals surface area contributed by atoms with Crippen molar-refractivity contribution in [3.63, 3.8) is 0 Å². The number of hydrogen-bond donors (Lipinski definition) is 2. The van der Waals surface area contributed by atoms with E-state index in [9.17, 15) is 9.50 Å². The van der Waals surface area contributed by atoms with Crippen molar-refractivity contribution in [3.8, 4) is 17.0 Å². The Bertz CT molecular complexity index is 1280. The van der Waals surface area contributed by atoms with Gasteiger partial charge in [0.1, 0.15) is 11.3 Å². The van der Waals surface area contributed by atoms with Gasteiger partial charge in [0, 0.05) is 31.6 Å². The van der Waals surface area contributed by atoms with Crippen molar-refractivity contribution in [1.29, 1.82) is 0 Å². The Morgan fingerprint density at radius 1 is 1.06 bits per heavy atom. The second-order valence-electron chi connectivity index (χ2n) is 8.48. The number of benzene rings is 1. The van der Waals surface area contributed by atoms with Crippen molar-refractivity contribution in [2.75, 3.05) is 18.0 Å². The van der Waals surface area contributed by atoms with Gasteiger partial charge in [-0.3, -0.25) is 0 Å². The van der Waals surface area contributed by atoms with E-state index in [4.69, 9.17) is 10.2 Å². The summed E-state index contributed by atoms with van der Waals surface area (Å²) < 4.78 is 19.9. The molecule has 1 unspecified atom stereocenters. The molecule has 0 bridgehead atoms. The molecule has 0 spiro atoms. The van der Waals surface area contributed by atoms with Crippen LogP contribution in [0, 0.1) is 12.7 Å². The first kappa shape index (κ1) is 20.6. The number of pyridine rings is 2. The summed E-state index contributed by atoms with van der Waals surface area (Å²) in [7, 11) is 0. The summed E-state index contributed by atoms with van der Waals surface area (Å²) in [5.41, 5.74) is 8.30. The molecule has 1 saturated heterocycles. The third-order valence-electron chi connectivity index (χ3n) is 6.06. The average molecular weight is 436 g/mol. The van der Waals surface area contributed by atoms with E-state index < -0.39 is 11.6 Å². The molecule has 2 aliphatic rings. The first-order valence-electron chi connectivity index (χ1n) is 11.1. The Morgan fingerprint density at radius 3 is 2.47 bits per heavy atom. The van der Waals surface area contributed by atoms with Crippen LogP contribution in [0.1, 0.15) is 38.0 Å². The number of hydrogen-bond acceptors (Lipinski definition) is 7. The highest BCUT2D eigenvalue weighted by molar-refractivity contribution is 5.87. The summed E-state index contributed by atoms with van der Waals surface area (Å²) in [6, 6.07) is 9.01. The van der Waals surface area contributed by atoms with Crippen LogP contribution in [0.15, 0.2) is 34.7 Å². The maximum atomic E-state index is 14.5. The normalized spacial score (nSPS) is 18.0. The van der Waals surface area contributed by atoms with Gasteiger partial charge in [-0.1, -0.05) is 25.7 Å². The van der Waals surface area contributed by atoms with E-state index in [-0.39, 0.29) is 22.7 Å². The number of halogens is 1. The van der Waals surface area contributed by atoms with Gasteiger partial charge in [0.25, 0.3) is 0 Å². The molecule has 0 amide bonds. The highest BCUT2D eigenvalue weighted by Gasteiger charge is 2.21. The van der Waals surface area contributed by atoms with Crippen molar-refractivity contribution in [1.82, 2.24) is 15.0 Å². The van der Waals surface area contributed by atoms with Crippen LogP contribution in [-0.4, -0.2) is 39.2 Å². The van der Waals surface area contributed by atoms with Gasteiger partial charge in [-0.05, 0) is 36.8 Å². The molecule has 32 heavy (non-hydrogen) atoms. The minimum atomic E-state index is -0.815. The largest absolute Gasteiger partial charge is 0.504 e. The number of fused-ring (bicyclic) bond motifs is 2. The SMILES string of the molecule is C1CCC1.Cc1nc2c(F)c(O)c(-c3ccc4nc(N5CCC(N)C5)ccc4n3)cc2o1. The number of aromatic nitrogens is 3. The van der Waals surface area contributed by atoms with E-state index in [1.165, 1.54) is 25.7 Å². The van der Waals surface area contributed by atoms with Crippen molar-refractivity contribution in [2.45, 2.75) is 45.1 Å². The number of rotatable bonds is 2. The monoisotopic (exact) mass is 435 g/mol. The molecule has 4 aromatic rings. The zero-order valence-electron chi connectivity index (χ0n) is 18.0. The minimum Gasteiger partial charge on any atom is -0.504 e. The molecule has 1 saturated carbocycles. The lowest BCUT2D eigenvalue weighted by Gasteiger charge is -2.17.